The Kier molecular flexibility index (Phi) is 5.31. The third-order valence-electron chi connectivity index (χ3n) is 3.20. The van der Waals surface area contributed by atoms with Crippen LogP contribution >= 0.6 is 0 Å². The van der Waals surface area contributed by atoms with E-state index < -0.39 is 0 Å². The highest BCUT2D eigenvalue weighted by Crippen LogP contribution is 2.19. The number of nitrogens with one attached hydrogen (secondary N) is 1. The van der Waals surface area contributed by atoms with Gasteiger partial charge in [0.1, 0.15) is 18.2 Å². The van der Waals surface area contributed by atoms with Crippen LogP contribution in [0.4, 0.5) is 4.39 Å². The molecule has 0 saturated heterocycles. The molecule has 2 aromatic rings. The highest BCUT2D eigenvalue weighted by Gasteiger charge is 2.01. The zero-order valence-electron chi connectivity index (χ0n) is 12.6. The standard InChI is InChI=1S/C18H18FNO2/c1-13(10-18(21)20-2)15-6-8-17(9-7-15)22-12-14-4-3-5-16(19)11-14/h3-11H,12H2,1-2H3,(H,20,21)/b13-10-. The lowest BCUT2D eigenvalue weighted by Gasteiger charge is -2.08. The van der Waals surface area contributed by atoms with Gasteiger partial charge < -0.3 is 10.1 Å². The lowest BCUT2D eigenvalue weighted by Crippen LogP contribution is -2.14. The fourth-order valence-corrected chi connectivity index (χ4v) is 1.96. The molecule has 1 amide bonds. The van der Waals surface area contributed by atoms with Crippen LogP contribution in [-0.2, 0) is 11.4 Å². The van der Waals surface area contributed by atoms with Crippen molar-refractivity contribution >= 4 is 11.5 Å². The summed E-state index contributed by atoms with van der Waals surface area (Å²) in [5.74, 6) is 0.288. The second-order valence-electron chi connectivity index (χ2n) is 4.88. The maximum atomic E-state index is 13.1. The molecule has 0 aliphatic heterocycles. The van der Waals surface area contributed by atoms with Gasteiger partial charge in [0.25, 0.3) is 0 Å². The van der Waals surface area contributed by atoms with Crippen LogP contribution in [0.3, 0.4) is 0 Å². The second-order valence-corrected chi connectivity index (χ2v) is 4.88. The zero-order valence-corrected chi connectivity index (χ0v) is 12.6. The summed E-state index contributed by atoms with van der Waals surface area (Å²) in [6, 6.07) is 13.7. The Balaban J connectivity index is 2.00. The summed E-state index contributed by atoms with van der Waals surface area (Å²) in [6.07, 6.45) is 1.54. The number of likely N-dealkylation sites (N-methyl/N-ethyl adjacent to an activating group) is 1. The van der Waals surface area contributed by atoms with Gasteiger partial charge in [0.05, 0.1) is 0 Å². The van der Waals surface area contributed by atoms with Gasteiger partial charge in [0.2, 0.25) is 5.91 Å². The number of carbonyl (C=O) groups excluding carboxylic acids is 1. The molecule has 114 valence electrons. The van der Waals surface area contributed by atoms with Crippen molar-refractivity contribution in [1.82, 2.24) is 5.32 Å². The molecule has 0 fully saturated rings. The Hall–Kier alpha value is -2.62. The normalized spacial score (nSPS) is 11.1. The Bertz CT molecular complexity index is 678. The predicted octanol–water partition coefficient (Wildman–Crippen LogP) is 3.55. The van der Waals surface area contributed by atoms with E-state index in [0.717, 1.165) is 16.7 Å². The van der Waals surface area contributed by atoms with E-state index >= 15 is 0 Å². The molecule has 0 aliphatic carbocycles. The monoisotopic (exact) mass is 299 g/mol. The smallest absolute Gasteiger partial charge is 0.244 e. The van der Waals surface area contributed by atoms with Crippen molar-refractivity contribution in [3.05, 3.63) is 71.6 Å². The first-order chi connectivity index (χ1) is 10.6. The fourth-order valence-electron chi connectivity index (χ4n) is 1.96. The number of allylic oxidation sites excluding steroid dienone is 1. The van der Waals surface area contributed by atoms with E-state index in [1.54, 1.807) is 19.2 Å². The average molecular weight is 299 g/mol. The van der Waals surface area contributed by atoms with Gasteiger partial charge in [-0.3, -0.25) is 4.79 Å². The number of ether oxygens (including phenoxy) is 1. The van der Waals surface area contributed by atoms with Crippen molar-refractivity contribution in [3.8, 4) is 5.75 Å². The summed E-state index contributed by atoms with van der Waals surface area (Å²) in [4.78, 5) is 11.3. The lowest BCUT2D eigenvalue weighted by molar-refractivity contribution is -0.116. The molecule has 0 bridgehead atoms. The van der Waals surface area contributed by atoms with Gasteiger partial charge in [0.15, 0.2) is 0 Å². The van der Waals surface area contributed by atoms with Crippen molar-refractivity contribution in [3.63, 3.8) is 0 Å². The molecule has 0 atom stereocenters. The summed E-state index contributed by atoms with van der Waals surface area (Å²) in [6.45, 7) is 2.18. The minimum Gasteiger partial charge on any atom is -0.489 e. The molecule has 0 spiro atoms. The summed E-state index contributed by atoms with van der Waals surface area (Å²) < 4.78 is 18.7. The second kappa shape index (κ2) is 7.41. The molecule has 1 N–H and O–H groups in total. The Labute approximate surface area is 129 Å². The first-order valence-electron chi connectivity index (χ1n) is 6.96. The molecule has 2 aromatic carbocycles. The number of hydrogen-bond acceptors (Lipinski definition) is 2. The quantitative estimate of drug-likeness (QED) is 0.857. The van der Waals surface area contributed by atoms with Crippen molar-refractivity contribution in [2.45, 2.75) is 13.5 Å². The molecule has 0 heterocycles. The van der Waals surface area contributed by atoms with E-state index in [2.05, 4.69) is 5.32 Å². The van der Waals surface area contributed by atoms with Crippen molar-refractivity contribution in [2.24, 2.45) is 0 Å². The predicted molar refractivity (Wildman–Crippen MR) is 84.9 cm³/mol. The third-order valence-corrected chi connectivity index (χ3v) is 3.20. The van der Waals surface area contributed by atoms with E-state index in [4.69, 9.17) is 4.74 Å². The summed E-state index contributed by atoms with van der Waals surface area (Å²) >= 11 is 0. The molecule has 2 rings (SSSR count). The SMILES string of the molecule is CNC(=O)/C=C(/C)c1ccc(OCc2cccc(F)c2)cc1. The molecule has 0 radical (unpaired) electrons. The van der Waals surface area contributed by atoms with E-state index in [1.807, 2.05) is 37.3 Å². The van der Waals surface area contributed by atoms with E-state index in [9.17, 15) is 9.18 Å². The average Bonchev–Trinajstić information content (AvgIpc) is 2.53. The molecular weight excluding hydrogens is 281 g/mol. The van der Waals surface area contributed by atoms with Gasteiger partial charge in [-0.2, -0.15) is 0 Å². The van der Waals surface area contributed by atoms with E-state index in [1.165, 1.54) is 12.1 Å². The number of hydrogen-bond donors (Lipinski definition) is 1. The van der Waals surface area contributed by atoms with Crippen LogP contribution in [-0.4, -0.2) is 13.0 Å². The minimum absolute atomic E-state index is 0.135. The number of halogens is 1. The highest BCUT2D eigenvalue weighted by atomic mass is 19.1. The largest absolute Gasteiger partial charge is 0.489 e. The number of amides is 1. The van der Waals surface area contributed by atoms with Crippen LogP contribution in [0.1, 0.15) is 18.1 Å². The Morgan fingerprint density at radius 1 is 1.23 bits per heavy atom. The summed E-state index contributed by atoms with van der Waals surface area (Å²) in [7, 11) is 1.59. The Morgan fingerprint density at radius 2 is 1.95 bits per heavy atom. The maximum Gasteiger partial charge on any atom is 0.244 e. The fraction of sp³-hybridized carbons (Fsp3) is 0.167. The first kappa shape index (κ1) is 15.8. The number of benzene rings is 2. The van der Waals surface area contributed by atoms with E-state index in [0.29, 0.717) is 12.4 Å². The van der Waals surface area contributed by atoms with Crippen molar-refractivity contribution in [2.75, 3.05) is 7.05 Å². The molecule has 3 nitrogen and oxygen atoms in total. The van der Waals surface area contributed by atoms with Crippen LogP contribution in [0.2, 0.25) is 0 Å². The first-order valence-corrected chi connectivity index (χ1v) is 6.96. The topological polar surface area (TPSA) is 38.3 Å². The molecule has 0 saturated carbocycles. The molecule has 4 heteroatoms. The van der Waals surface area contributed by atoms with Crippen LogP contribution in [0.5, 0.6) is 5.75 Å². The van der Waals surface area contributed by atoms with Gasteiger partial charge in [-0.25, -0.2) is 4.39 Å². The van der Waals surface area contributed by atoms with Crippen LogP contribution in [0.15, 0.2) is 54.6 Å². The highest BCUT2D eigenvalue weighted by molar-refractivity contribution is 5.94. The molecule has 0 aliphatic rings. The van der Waals surface area contributed by atoms with Crippen LogP contribution in [0.25, 0.3) is 5.57 Å². The van der Waals surface area contributed by atoms with E-state index in [-0.39, 0.29) is 11.7 Å². The summed E-state index contributed by atoms with van der Waals surface area (Å²) in [5, 5.41) is 2.55. The number of carbonyl (C=O) groups is 1. The minimum atomic E-state index is -0.272. The molecular formula is C18H18FNO2. The van der Waals surface area contributed by atoms with Crippen LogP contribution < -0.4 is 10.1 Å². The molecule has 22 heavy (non-hydrogen) atoms. The van der Waals surface area contributed by atoms with Crippen molar-refractivity contribution < 1.29 is 13.9 Å². The lowest BCUT2D eigenvalue weighted by atomic mass is 10.1. The van der Waals surface area contributed by atoms with Crippen LogP contribution in [0, 0.1) is 5.82 Å². The van der Waals surface area contributed by atoms with Gasteiger partial charge in [-0.1, -0.05) is 24.3 Å². The van der Waals surface area contributed by atoms with Gasteiger partial charge in [-0.05, 0) is 47.9 Å². The van der Waals surface area contributed by atoms with Gasteiger partial charge >= 0.3 is 0 Å². The molecule has 0 aromatic heterocycles. The maximum absolute atomic E-state index is 13.1. The number of rotatable bonds is 5. The third kappa shape index (κ3) is 4.45. The van der Waals surface area contributed by atoms with Gasteiger partial charge in [0, 0.05) is 13.1 Å². The molecule has 0 unspecified atom stereocenters. The Morgan fingerprint density at radius 3 is 2.59 bits per heavy atom. The summed E-state index contributed by atoms with van der Waals surface area (Å²) in [5.41, 5.74) is 2.59. The van der Waals surface area contributed by atoms with Crippen molar-refractivity contribution in [1.29, 1.82) is 0 Å². The zero-order chi connectivity index (χ0) is 15.9. The van der Waals surface area contributed by atoms with Gasteiger partial charge in [-0.15, -0.1) is 0 Å².